The molecule has 0 aromatic heterocycles. The summed E-state index contributed by atoms with van der Waals surface area (Å²) in [6.07, 6.45) is 7.54. The lowest BCUT2D eigenvalue weighted by Crippen LogP contribution is -2.61. The van der Waals surface area contributed by atoms with E-state index in [1.54, 1.807) is 38.2 Å². The molecular formula is C25H33NO7. The van der Waals surface area contributed by atoms with Crippen molar-refractivity contribution < 1.29 is 34.1 Å². The molecule has 4 unspecified atom stereocenters. The predicted octanol–water partition coefficient (Wildman–Crippen LogP) is 1.72. The fraction of sp³-hybridized carbons (Fsp3) is 0.520. The van der Waals surface area contributed by atoms with E-state index in [-0.39, 0.29) is 6.42 Å². The zero-order valence-electron chi connectivity index (χ0n) is 19.7. The highest BCUT2D eigenvalue weighted by Crippen LogP contribution is 2.38. The summed E-state index contributed by atoms with van der Waals surface area (Å²) >= 11 is 0. The molecule has 1 amide bonds. The molecule has 180 valence electrons. The number of aliphatic hydroxyl groups excluding tert-OH is 2. The first-order chi connectivity index (χ1) is 15.4. The number of Topliss-reactive ketones (excluding diaryl/α,β-unsaturated/α-hetero) is 2. The predicted molar refractivity (Wildman–Crippen MR) is 122 cm³/mol. The summed E-state index contributed by atoms with van der Waals surface area (Å²) in [6, 6.07) is -1.15. The number of ketones is 2. The van der Waals surface area contributed by atoms with Gasteiger partial charge < -0.3 is 20.3 Å². The Morgan fingerprint density at radius 3 is 2.33 bits per heavy atom. The maximum Gasteiger partial charge on any atom is 0.322 e. The molecule has 0 saturated carbocycles. The molecule has 2 heterocycles. The smallest absolute Gasteiger partial charge is 0.322 e. The van der Waals surface area contributed by atoms with Crippen LogP contribution in [-0.2, 0) is 23.9 Å². The van der Waals surface area contributed by atoms with E-state index in [4.69, 9.17) is 4.74 Å². The number of fused-ring (bicyclic) bond motifs is 10. The van der Waals surface area contributed by atoms with Crippen LogP contribution in [0.2, 0.25) is 0 Å². The summed E-state index contributed by atoms with van der Waals surface area (Å²) in [5.74, 6) is -3.74. The Balaban J connectivity index is 2.57. The van der Waals surface area contributed by atoms with Gasteiger partial charge in [0.15, 0.2) is 5.78 Å². The van der Waals surface area contributed by atoms with Gasteiger partial charge in [0.2, 0.25) is 5.78 Å². The molecule has 3 rings (SSSR count). The van der Waals surface area contributed by atoms with Crippen LogP contribution in [0.3, 0.4) is 0 Å². The van der Waals surface area contributed by atoms with Crippen LogP contribution in [0, 0.1) is 11.3 Å². The highest BCUT2D eigenvalue weighted by atomic mass is 16.5. The maximum absolute atomic E-state index is 13.4. The number of carbonyl (C=O) groups is 4. The van der Waals surface area contributed by atoms with E-state index < -0.39 is 59.1 Å². The maximum atomic E-state index is 13.4. The molecule has 0 radical (unpaired) electrons. The van der Waals surface area contributed by atoms with Crippen molar-refractivity contribution in [2.75, 3.05) is 0 Å². The molecule has 3 aliphatic rings. The Morgan fingerprint density at radius 1 is 1.09 bits per heavy atom. The van der Waals surface area contributed by atoms with E-state index in [9.17, 15) is 29.4 Å². The third-order valence-corrected chi connectivity index (χ3v) is 6.14. The van der Waals surface area contributed by atoms with Crippen LogP contribution in [0.15, 0.2) is 47.6 Å². The molecule has 0 aromatic rings. The van der Waals surface area contributed by atoms with Gasteiger partial charge in [0.1, 0.15) is 11.5 Å². The molecule has 8 heteroatoms. The second-order valence-corrected chi connectivity index (χ2v) is 8.99. The summed E-state index contributed by atoms with van der Waals surface area (Å²) in [5.41, 5.74) is -0.371. The molecule has 2 aliphatic heterocycles. The number of amides is 1. The zero-order valence-corrected chi connectivity index (χ0v) is 19.7. The van der Waals surface area contributed by atoms with Gasteiger partial charge in [-0.25, -0.2) is 0 Å². The van der Waals surface area contributed by atoms with E-state index in [0.29, 0.717) is 12.0 Å². The third kappa shape index (κ3) is 6.36. The third-order valence-electron chi connectivity index (χ3n) is 6.14. The number of hydrogen-bond acceptors (Lipinski definition) is 7. The summed E-state index contributed by atoms with van der Waals surface area (Å²) in [6.45, 7) is 7.62. The number of rotatable bonds is 2. The minimum absolute atomic E-state index is 0.0298. The molecule has 0 spiro atoms. The number of aliphatic hydroxyl groups is 2. The Morgan fingerprint density at radius 2 is 1.70 bits per heavy atom. The minimum atomic E-state index is -1.78. The normalized spacial score (nSPS) is 38.7. The lowest BCUT2D eigenvalue weighted by Gasteiger charge is -2.42. The van der Waals surface area contributed by atoms with E-state index in [1.165, 1.54) is 13.0 Å². The molecule has 6 atom stereocenters. The molecule has 8 nitrogen and oxygen atoms in total. The van der Waals surface area contributed by atoms with E-state index in [0.717, 1.165) is 12.5 Å². The Hall–Kier alpha value is -2.84. The van der Waals surface area contributed by atoms with Crippen LogP contribution in [-0.4, -0.2) is 58.0 Å². The average molecular weight is 460 g/mol. The van der Waals surface area contributed by atoms with Crippen molar-refractivity contribution in [3.8, 4) is 0 Å². The van der Waals surface area contributed by atoms with Crippen LogP contribution in [0.25, 0.3) is 0 Å². The van der Waals surface area contributed by atoms with Crippen LogP contribution in [0.5, 0.6) is 0 Å². The Labute approximate surface area is 194 Å². The second-order valence-electron chi connectivity index (χ2n) is 8.99. The van der Waals surface area contributed by atoms with Crippen molar-refractivity contribution in [2.24, 2.45) is 11.3 Å². The number of hydrogen-bond donors (Lipinski definition) is 3. The van der Waals surface area contributed by atoms with Crippen molar-refractivity contribution in [1.29, 1.82) is 0 Å². The molecule has 1 saturated heterocycles. The molecular weight excluding hydrogens is 426 g/mol. The van der Waals surface area contributed by atoms with Gasteiger partial charge in [0, 0.05) is 13.3 Å². The molecule has 2 bridgehead atoms. The summed E-state index contributed by atoms with van der Waals surface area (Å²) < 4.78 is 5.59. The molecule has 33 heavy (non-hydrogen) atoms. The lowest BCUT2D eigenvalue weighted by atomic mass is 9.69. The zero-order chi connectivity index (χ0) is 24.9. The number of allylic oxidation sites excluding steroid dienone is 4. The lowest BCUT2D eigenvalue weighted by molar-refractivity contribution is -0.181. The van der Waals surface area contributed by atoms with E-state index >= 15 is 0 Å². The Kier molecular flexibility index (Phi) is 8.69. The SMILES string of the molecule is CC(=O)C(=O)N[C@@H]1/C=C(C)/C=C/[C@H](O)C/C=C(C)/C=C/C(O)CC2OC(=O)C1(C)C(=O)C2C. The number of esters is 1. The standard InChI is InChI=1S/C25H33NO7/c1-14-6-9-18(28)10-8-15(2)12-21(26-23(31)17(4)27)25(5)22(30)16(3)20(33-24(25)32)13-19(29)11-7-14/h6-8,10-12,16,18-21,28-29H,9,13H2,1-5H3,(H,26,31)/b10-8+,11-7+,14-6+,15-12+/t16?,18-,19?,20?,21-,25?/m1/s1. The number of carbonyl (C=O) groups excluding carboxylic acids is 4. The van der Waals surface area contributed by atoms with Crippen molar-refractivity contribution in [2.45, 2.75) is 71.8 Å². The summed E-state index contributed by atoms with van der Waals surface area (Å²) in [5, 5.41) is 23.1. The number of ether oxygens (including phenoxy) is 1. The largest absolute Gasteiger partial charge is 0.461 e. The fourth-order valence-electron chi connectivity index (χ4n) is 3.85. The molecule has 3 N–H and O–H groups in total. The first-order valence-corrected chi connectivity index (χ1v) is 11.0. The second kappa shape index (κ2) is 10.9. The highest BCUT2D eigenvalue weighted by Gasteiger charge is 2.56. The average Bonchev–Trinajstić information content (AvgIpc) is 2.75. The van der Waals surface area contributed by atoms with Crippen molar-refractivity contribution in [3.05, 3.63) is 47.6 Å². The van der Waals surface area contributed by atoms with Crippen LogP contribution < -0.4 is 5.32 Å². The quantitative estimate of drug-likeness (QED) is 0.326. The summed E-state index contributed by atoms with van der Waals surface area (Å²) in [4.78, 5) is 50.3. The van der Waals surface area contributed by atoms with E-state index in [2.05, 4.69) is 5.32 Å². The Bertz CT molecular complexity index is 929. The molecule has 1 aliphatic carbocycles. The highest BCUT2D eigenvalue weighted by molar-refractivity contribution is 6.35. The van der Waals surface area contributed by atoms with Crippen molar-refractivity contribution in [1.82, 2.24) is 5.32 Å². The van der Waals surface area contributed by atoms with Gasteiger partial charge in [-0.15, -0.1) is 0 Å². The van der Waals surface area contributed by atoms with Crippen molar-refractivity contribution >= 4 is 23.4 Å². The van der Waals surface area contributed by atoms with Crippen molar-refractivity contribution in [3.63, 3.8) is 0 Å². The van der Waals surface area contributed by atoms with Gasteiger partial charge in [-0.3, -0.25) is 19.2 Å². The molecule has 1 fully saturated rings. The van der Waals surface area contributed by atoms with Crippen LogP contribution in [0.1, 0.15) is 47.5 Å². The van der Waals surface area contributed by atoms with Gasteiger partial charge in [-0.05, 0) is 27.2 Å². The minimum Gasteiger partial charge on any atom is -0.461 e. The summed E-state index contributed by atoms with van der Waals surface area (Å²) in [7, 11) is 0. The topological polar surface area (TPSA) is 130 Å². The van der Waals surface area contributed by atoms with Gasteiger partial charge in [0.05, 0.1) is 24.2 Å². The van der Waals surface area contributed by atoms with Gasteiger partial charge in [0.25, 0.3) is 5.91 Å². The van der Waals surface area contributed by atoms with Crippen LogP contribution >= 0.6 is 0 Å². The van der Waals surface area contributed by atoms with Gasteiger partial charge in [-0.2, -0.15) is 0 Å². The fourth-order valence-corrected chi connectivity index (χ4v) is 3.85. The van der Waals surface area contributed by atoms with Gasteiger partial charge >= 0.3 is 5.97 Å². The van der Waals surface area contributed by atoms with E-state index in [1.807, 2.05) is 13.0 Å². The van der Waals surface area contributed by atoms with Gasteiger partial charge in [-0.1, -0.05) is 54.5 Å². The first-order valence-electron chi connectivity index (χ1n) is 11.0. The first kappa shape index (κ1) is 26.4. The van der Waals surface area contributed by atoms with Crippen LogP contribution in [0.4, 0.5) is 0 Å². The molecule has 0 aromatic carbocycles. The number of nitrogens with one attached hydrogen (secondary N) is 1. The monoisotopic (exact) mass is 459 g/mol.